The van der Waals surface area contributed by atoms with Gasteiger partial charge >= 0.3 is 0 Å². The number of para-hydroxylation sites is 1. The minimum Gasteiger partial charge on any atom is -0.353 e. The van der Waals surface area contributed by atoms with Gasteiger partial charge < -0.3 is 5.32 Å². The number of amides is 1. The van der Waals surface area contributed by atoms with Crippen LogP contribution in [0.3, 0.4) is 0 Å². The van der Waals surface area contributed by atoms with E-state index >= 15 is 0 Å². The zero-order valence-corrected chi connectivity index (χ0v) is 13.7. The Balaban J connectivity index is 1.43. The highest BCUT2D eigenvalue weighted by Gasteiger charge is 2.42. The van der Waals surface area contributed by atoms with Crippen LogP contribution in [0.15, 0.2) is 36.5 Å². The second-order valence-corrected chi connectivity index (χ2v) is 7.36. The van der Waals surface area contributed by atoms with Crippen LogP contribution in [0.2, 0.25) is 0 Å². The Kier molecular flexibility index (Phi) is 3.80. The van der Waals surface area contributed by atoms with Crippen LogP contribution in [0.5, 0.6) is 0 Å². The first-order chi connectivity index (χ1) is 11.2. The molecule has 2 aliphatic rings. The molecule has 0 radical (unpaired) electrons. The smallest absolute Gasteiger partial charge is 0.224 e. The zero-order valence-electron chi connectivity index (χ0n) is 13.7. The maximum atomic E-state index is 12.5. The second kappa shape index (κ2) is 5.95. The fourth-order valence-electron chi connectivity index (χ4n) is 4.80. The molecular weight excluding hydrogens is 284 g/mol. The molecule has 3 nitrogen and oxygen atoms in total. The van der Waals surface area contributed by atoms with Crippen molar-refractivity contribution < 1.29 is 4.79 Å². The van der Waals surface area contributed by atoms with Crippen molar-refractivity contribution in [2.24, 2.45) is 17.8 Å². The largest absolute Gasteiger partial charge is 0.353 e. The summed E-state index contributed by atoms with van der Waals surface area (Å²) >= 11 is 0. The molecule has 1 heterocycles. The summed E-state index contributed by atoms with van der Waals surface area (Å²) in [5.41, 5.74) is 1.96. The maximum Gasteiger partial charge on any atom is 0.224 e. The number of benzene rings is 1. The molecule has 4 rings (SSSR count). The number of nitrogens with one attached hydrogen (secondary N) is 1. The minimum atomic E-state index is 0.124. The zero-order chi connectivity index (χ0) is 15.8. The minimum absolute atomic E-state index is 0.124. The van der Waals surface area contributed by atoms with Crippen LogP contribution in [-0.4, -0.2) is 16.9 Å². The SMILES string of the molecule is CC(NC(=O)Cc1cccc2cccnc12)C1CC2CCC1C2. The number of aromatic nitrogens is 1. The van der Waals surface area contributed by atoms with E-state index < -0.39 is 0 Å². The van der Waals surface area contributed by atoms with Crippen LogP contribution in [0, 0.1) is 17.8 Å². The van der Waals surface area contributed by atoms with Gasteiger partial charge in [0.15, 0.2) is 0 Å². The highest BCUT2D eigenvalue weighted by Crippen LogP contribution is 2.49. The lowest BCUT2D eigenvalue weighted by molar-refractivity contribution is -0.121. The number of rotatable bonds is 4. The lowest BCUT2D eigenvalue weighted by Crippen LogP contribution is -2.40. The van der Waals surface area contributed by atoms with Gasteiger partial charge in [0.25, 0.3) is 0 Å². The molecule has 1 aromatic carbocycles. The third kappa shape index (κ3) is 2.85. The number of nitrogens with zero attached hydrogens (tertiary/aromatic N) is 1. The Bertz CT molecular complexity index is 721. The molecule has 0 saturated heterocycles. The van der Waals surface area contributed by atoms with Crippen molar-refractivity contribution in [3.05, 3.63) is 42.1 Å². The number of pyridine rings is 1. The summed E-state index contributed by atoms with van der Waals surface area (Å²) in [7, 11) is 0. The molecule has 4 unspecified atom stereocenters. The van der Waals surface area contributed by atoms with E-state index in [2.05, 4.69) is 17.2 Å². The molecule has 1 N–H and O–H groups in total. The van der Waals surface area contributed by atoms with Gasteiger partial charge in [-0.05, 0) is 55.6 Å². The van der Waals surface area contributed by atoms with Gasteiger partial charge in [0, 0.05) is 17.6 Å². The number of fused-ring (bicyclic) bond motifs is 3. The van der Waals surface area contributed by atoms with Crippen molar-refractivity contribution in [3.63, 3.8) is 0 Å². The summed E-state index contributed by atoms with van der Waals surface area (Å²) < 4.78 is 0. The quantitative estimate of drug-likeness (QED) is 0.935. The summed E-state index contributed by atoms with van der Waals surface area (Å²) in [4.78, 5) is 16.9. The van der Waals surface area contributed by atoms with Crippen LogP contribution >= 0.6 is 0 Å². The lowest BCUT2D eigenvalue weighted by atomic mass is 9.84. The average molecular weight is 308 g/mol. The summed E-state index contributed by atoms with van der Waals surface area (Å²) in [5, 5.41) is 4.35. The first-order valence-electron chi connectivity index (χ1n) is 8.82. The molecule has 3 heteroatoms. The molecule has 4 atom stereocenters. The lowest BCUT2D eigenvalue weighted by Gasteiger charge is -2.28. The van der Waals surface area contributed by atoms with Crippen LogP contribution in [0.4, 0.5) is 0 Å². The number of carbonyl (C=O) groups excluding carboxylic acids is 1. The topological polar surface area (TPSA) is 42.0 Å². The fourth-order valence-corrected chi connectivity index (χ4v) is 4.80. The van der Waals surface area contributed by atoms with E-state index in [0.717, 1.165) is 28.3 Å². The first kappa shape index (κ1) is 14.7. The highest BCUT2D eigenvalue weighted by atomic mass is 16.1. The molecular formula is C20H24N2O. The molecule has 23 heavy (non-hydrogen) atoms. The Morgan fingerprint density at radius 1 is 1.26 bits per heavy atom. The van der Waals surface area contributed by atoms with E-state index in [-0.39, 0.29) is 5.91 Å². The molecule has 2 aromatic rings. The van der Waals surface area contributed by atoms with Gasteiger partial charge in [-0.25, -0.2) is 0 Å². The van der Waals surface area contributed by atoms with Gasteiger partial charge in [0.2, 0.25) is 5.91 Å². The summed E-state index contributed by atoms with van der Waals surface area (Å²) in [6.45, 7) is 2.19. The molecule has 0 spiro atoms. The van der Waals surface area contributed by atoms with E-state index in [1.54, 1.807) is 6.20 Å². The fraction of sp³-hybridized carbons (Fsp3) is 0.500. The van der Waals surface area contributed by atoms with Crippen molar-refractivity contribution in [1.29, 1.82) is 0 Å². The van der Waals surface area contributed by atoms with Gasteiger partial charge in [-0.2, -0.15) is 0 Å². The molecule has 1 amide bonds. The number of hydrogen-bond donors (Lipinski definition) is 1. The Morgan fingerprint density at radius 2 is 2.13 bits per heavy atom. The molecule has 0 aliphatic heterocycles. The monoisotopic (exact) mass is 308 g/mol. The van der Waals surface area contributed by atoms with Crippen LogP contribution in [-0.2, 0) is 11.2 Å². The van der Waals surface area contributed by atoms with Gasteiger partial charge in [-0.3, -0.25) is 9.78 Å². The second-order valence-electron chi connectivity index (χ2n) is 7.36. The normalized spacial score (nSPS) is 27.3. The molecule has 1 aromatic heterocycles. The highest BCUT2D eigenvalue weighted by molar-refractivity contribution is 5.87. The van der Waals surface area contributed by atoms with Gasteiger partial charge in [0.05, 0.1) is 11.9 Å². The summed E-state index contributed by atoms with van der Waals surface area (Å²) in [5.74, 6) is 2.57. The van der Waals surface area contributed by atoms with Crippen molar-refractivity contribution in [2.75, 3.05) is 0 Å². The van der Waals surface area contributed by atoms with E-state index in [9.17, 15) is 4.79 Å². The van der Waals surface area contributed by atoms with Crippen molar-refractivity contribution in [2.45, 2.75) is 45.1 Å². The van der Waals surface area contributed by atoms with E-state index in [1.807, 2.05) is 30.3 Å². The third-order valence-corrected chi connectivity index (χ3v) is 5.89. The van der Waals surface area contributed by atoms with E-state index in [4.69, 9.17) is 0 Å². The van der Waals surface area contributed by atoms with Crippen LogP contribution < -0.4 is 5.32 Å². The van der Waals surface area contributed by atoms with Crippen LogP contribution in [0.25, 0.3) is 10.9 Å². The van der Waals surface area contributed by atoms with E-state index in [0.29, 0.717) is 18.4 Å². The molecule has 2 bridgehead atoms. The molecule has 2 fully saturated rings. The first-order valence-corrected chi connectivity index (χ1v) is 8.82. The molecule has 120 valence electrons. The van der Waals surface area contributed by atoms with Gasteiger partial charge in [-0.15, -0.1) is 0 Å². The molecule has 2 saturated carbocycles. The molecule has 2 aliphatic carbocycles. The Hall–Kier alpha value is -1.90. The van der Waals surface area contributed by atoms with Crippen molar-refractivity contribution in [1.82, 2.24) is 10.3 Å². The Labute approximate surface area is 137 Å². The number of hydrogen-bond acceptors (Lipinski definition) is 2. The standard InChI is InChI=1S/C20H24N2O/c1-13(18-11-14-7-8-16(18)10-14)22-19(23)12-17-5-2-4-15-6-3-9-21-20(15)17/h2-6,9,13-14,16,18H,7-8,10-12H2,1H3,(H,22,23). The predicted octanol–water partition coefficient (Wildman–Crippen LogP) is 3.72. The maximum absolute atomic E-state index is 12.5. The summed E-state index contributed by atoms with van der Waals surface area (Å²) in [6.07, 6.45) is 7.67. The van der Waals surface area contributed by atoms with Crippen LogP contribution in [0.1, 0.15) is 38.2 Å². The Morgan fingerprint density at radius 3 is 2.91 bits per heavy atom. The van der Waals surface area contributed by atoms with Gasteiger partial charge in [-0.1, -0.05) is 30.7 Å². The van der Waals surface area contributed by atoms with Gasteiger partial charge in [0.1, 0.15) is 0 Å². The van der Waals surface area contributed by atoms with Crippen molar-refractivity contribution in [3.8, 4) is 0 Å². The predicted molar refractivity (Wildman–Crippen MR) is 92.0 cm³/mol. The third-order valence-electron chi connectivity index (χ3n) is 5.89. The van der Waals surface area contributed by atoms with E-state index in [1.165, 1.54) is 25.7 Å². The number of carbonyl (C=O) groups is 1. The summed E-state index contributed by atoms with van der Waals surface area (Å²) in [6, 6.07) is 10.3. The van der Waals surface area contributed by atoms with Crippen molar-refractivity contribution >= 4 is 16.8 Å². The average Bonchev–Trinajstić information content (AvgIpc) is 3.18.